The number of benzene rings is 1. The van der Waals surface area contributed by atoms with E-state index in [1.54, 1.807) is 11.9 Å². The van der Waals surface area contributed by atoms with Crippen LogP contribution >= 0.6 is 27.9 Å². The van der Waals surface area contributed by atoms with Gasteiger partial charge in [-0.3, -0.25) is 4.31 Å². The van der Waals surface area contributed by atoms with Crippen LogP contribution < -0.4 is 0 Å². The zero-order valence-electron chi connectivity index (χ0n) is 7.47. The molecule has 0 saturated heterocycles. The zero-order chi connectivity index (χ0) is 9.14. The lowest BCUT2D eigenvalue weighted by atomic mass is 10.2. The van der Waals surface area contributed by atoms with Gasteiger partial charge in [0.2, 0.25) is 0 Å². The summed E-state index contributed by atoms with van der Waals surface area (Å²) in [6.45, 7) is 2.10. The molecule has 0 unspecified atom stereocenters. The quantitative estimate of drug-likeness (QED) is 0.736. The van der Waals surface area contributed by atoms with Crippen LogP contribution in [0.3, 0.4) is 0 Å². The largest absolute Gasteiger partial charge is 0.253 e. The molecule has 0 fully saturated rings. The minimum atomic E-state index is 1.15. The summed E-state index contributed by atoms with van der Waals surface area (Å²) in [4.78, 5) is 1.27. The average Bonchev–Trinajstić information content (AvgIpc) is 1.81. The van der Waals surface area contributed by atoms with Crippen LogP contribution in [0.25, 0.3) is 0 Å². The van der Waals surface area contributed by atoms with Crippen molar-refractivity contribution in [1.82, 2.24) is 4.31 Å². The minimum Gasteiger partial charge on any atom is -0.253 e. The molecule has 1 aromatic rings. The lowest BCUT2D eigenvalue weighted by Crippen LogP contribution is -1.98. The third kappa shape index (κ3) is 3.17. The van der Waals surface area contributed by atoms with E-state index < -0.39 is 0 Å². The van der Waals surface area contributed by atoms with Gasteiger partial charge in [0.1, 0.15) is 0 Å². The fraction of sp³-hybridized carbons (Fsp3) is 0.333. The van der Waals surface area contributed by atoms with E-state index in [9.17, 15) is 0 Å². The Kier molecular flexibility index (Phi) is 3.62. The number of hydrogen-bond acceptors (Lipinski definition) is 2. The molecule has 0 aliphatic rings. The van der Waals surface area contributed by atoms with Gasteiger partial charge in [0.25, 0.3) is 0 Å². The molecule has 1 aromatic carbocycles. The molecule has 1 nitrogen and oxygen atoms in total. The van der Waals surface area contributed by atoms with Crippen molar-refractivity contribution >= 4 is 27.9 Å². The van der Waals surface area contributed by atoms with Crippen LogP contribution in [-0.4, -0.2) is 18.4 Å². The van der Waals surface area contributed by atoms with E-state index in [1.807, 2.05) is 14.1 Å². The molecule has 3 heteroatoms. The van der Waals surface area contributed by atoms with E-state index in [0.717, 1.165) is 4.47 Å². The van der Waals surface area contributed by atoms with Gasteiger partial charge in [-0.2, -0.15) is 0 Å². The lowest BCUT2D eigenvalue weighted by molar-refractivity contribution is 0.702. The highest BCUT2D eigenvalue weighted by Crippen LogP contribution is 2.24. The summed E-state index contributed by atoms with van der Waals surface area (Å²) in [6.07, 6.45) is 0. The zero-order valence-corrected chi connectivity index (χ0v) is 9.87. The fourth-order valence-corrected chi connectivity index (χ4v) is 2.57. The van der Waals surface area contributed by atoms with Crippen molar-refractivity contribution in [3.8, 4) is 0 Å². The van der Waals surface area contributed by atoms with Crippen LogP contribution in [0.2, 0.25) is 0 Å². The first-order valence-corrected chi connectivity index (χ1v) is 5.27. The predicted molar refractivity (Wildman–Crippen MR) is 58.4 cm³/mol. The average molecular weight is 246 g/mol. The Bertz CT molecular complexity index is 253. The van der Waals surface area contributed by atoms with Crippen molar-refractivity contribution < 1.29 is 0 Å². The Labute approximate surface area is 86.4 Å². The minimum absolute atomic E-state index is 1.15. The Balaban J connectivity index is 2.85. The molecule has 0 saturated carbocycles. The lowest BCUT2D eigenvalue weighted by Gasteiger charge is -2.09. The van der Waals surface area contributed by atoms with E-state index in [2.05, 4.69) is 45.4 Å². The topological polar surface area (TPSA) is 3.24 Å². The smallest absolute Gasteiger partial charge is 0.0243 e. The van der Waals surface area contributed by atoms with Gasteiger partial charge in [-0.1, -0.05) is 15.9 Å². The standard InChI is InChI=1S/C9H12BrNS/c1-7-4-8(10)6-9(5-7)12-11(2)3/h4-6H,1-3H3. The summed E-state index contributed by atoms with van der Waals surface area (Å²) < 4.78 is 3.23. The molecule has 0 aromatic heterocycles. The number of aryl methyl sites for hydroxylation is 1. The molecule has 12 heavy (non-hydrogen) atoms. The number of rotatable bonds is 2. The second-order valence-corrected chi connectivity index (χ2v) is 5.17. The highest BCUT2D eigenvalue weighted by molar-refractivity contribution is 9.10. The summed E-state index contributed by atoms with van der Waals surface area (Å²) in [5, 5.41) is 0. The van der Waals surface area contributed by atoms with Crippen LogP contribution in [-0.2, 0) is 0 Å². The van der Waals surface area contributed by atoms with Gasteiger partial charge in [-0.15, -0.1) is 0 Å². The van der Waals surface area contributed by atoms with Crippen LogP contribution in [0.4, 0.5) is 0 Å². The van der Waals surface area contributed by atoms with Crippen LogP contribution in [0, 0.1) is 6.92 Å². The second-order valence-electron chi connectivity index (χ2n) is 2.87. The Morgan fingerprint density at radius 1 is 1.25 bits per heavy atom. The first kappa shape index (κ1) is 10.1. The summed E-state index contributed by atoms with van der Waals surface area (Å²) in [5.41, 5.74) is 1.29. The predicted octanol–water partition coefficient (Wildman–Crippen LogP) is 3.33. The van der Waals surface area contributed by atoms with Crippen molar-refractivity contribution in [3.63, 3.8) is 0 Å². The number of nitrogens with zero attached hydrogens (tertiary/aromatic N) is 1. The van der Waals surface area contributed by atoms with Gasteiger partial charge in [0, 0.05) is 9.37 Å². The van der Waals surface area contributed by atoms with Crippen molar-refractivity contribution in [3.05, 3.63) is 28.2 Å². The summed E-state index contributed by atoms with van der Waals surface area (Å²) in [7, 11) is 4.09. The van der Waals surface area contributed by atoms with Crippen LogP contribution in [0.5, 0.6) is 0 Å². The third-order valence-corrected chi connectivity index (χ3v) is 2.57. The van der Waals surface area contributed by atoms with Crippen molar-refractivity contribution in [2.24, 2.45) is 0 Å². The maximum Gasteiger partial charge on any atom is 0.0243 e. The molecule has 0 radical (unpaired) electrons. The van der Waals surface area contributed by atoms with Gasteiger partial charge >= 0.3 is 0 Å². The molecule has 0 aliphatic heterocycles. The SMILES string of the molecule is Cc1cc(Br)cc(SN(C)C)c1. The molecule has 0 spiro atoms. The second kappa shape index (κ2) is 4.30. The number of halogens is 1. The molecule has 0 amide bonds. The van der Waals surface area contributed by atoms with Gasteiger partial charge in [-0.25, -0.2) is 0 Å². The molecular weight excluding hydrogens is 234 g/mol. The molecule has 0 atom stereocenters. The maximum absolute atomic E-state index is 3.47. The highest BCUT2D eigenvalue weighted by Gasteiger charge is 1.98. The van der Waals surface area contributed by atoms with Gasteiger partial charge in [-0.05, 0) is 56.7 Å². The molecular formula is C9H12BrNS. The van der Waals surface area contributed by atoms with E-state index >= 15 is 0 Å². The van der Waals surface area contributed by atoms with Crippen LogP contribution in [0.1, 0.15) is 5.56 Å². The van der Waals surface area contributed by atoms with Crippen LogP contribution in [0.15, 0.2) is 27.6 Å². The molecule has 1 rings (SSSR count). The monoisotopic (exact) mass is 245 g/mol. The first-order chi connectivity index (χ1) is 5.58. The molecule has 0 bridgehead atoms. The van der Waals surface area contributed by atoms with Crippen molar-refractivity contribution in [1.29, 1.82) is 0 Å². The Morgan fingerprint density at radius 3 is 2.42 bits per heavy atom. The van der Waals surface area contributed by atoms with Crippen molar-refractivity contribution in [2.75, 3.05) is 14.1 Å². The van der Waals surface area contributed by atoms with Gasteiger partial charge < -0.3 is 0 Å². The maximum atomic E-state index is 3.47. The fourth-order valence-electron chi connectivity index (χ4n) is 0.966. The Hall–Kier alpha value is 0.01000. The normalized spacial score (nSPS) is 10.8. The first-order valence-electron chi connectivity index (χ1n) is 3.70. The number of hydrogen-bond donors (Lipinski definition) is 0. The molecule has 0 aliphatic carbocycles. The molecule has 0 heterocycles. The third-order valence-electron chi connectivity index (χ3n) is 1.30. The summed E-state index contributed by atoms with van der Waals surface area (Å²) in [6, 6.07) is 6.41. The molecule has 0 N–H and O–H groups in total. The highest BCUT2D eigenvalue weighted by atomic mass is 79.9. The van der Waals surface area contributed by atoms with E-state index in [1.165, 1.54) is 10.5 Å². The van der Waals surface area contributed by atoms with E-state index in [4.69, 9.17) is 0 Å². The Morgan fingerprint density at radius 2 is 1.92 bits per heavy atom. The van der Waals surface area contributed by atoms with E-state index in [-0.39, 0.29) is 0 Å². The van der Waals surface area contributed by atoms with E-state index in [0.29, 0.717) is 0 Å². The molecule has 66 valence electrons. The van der Waals surface area contributed by atoms with Gasteiger partial charge in [0.05, 0.1) is 0 Å². The summed E-state index contributed by atoms with van der Waals surface area (Å²) in [5.74, 6) is 0. The van der Waals surface area contributed by atoms with Gasteiger partial charge in [0.15, 0.2) is 0 Å². The van der Waals surface area contributed by atoms with Crippen molar-refractivity contribution in [2.45, 2.75) is 11.8 Å². The summed E-state index contributed by atoms with van der Waals surface area (Å²) >= 11 is 5.20.